The largest absolute Gasteiger partial charge is 0.426 e. The zero-order chi connectivity index (χ0) is 18.7. The fourth-order valence-corrected chi connectivity index (χ4v) is 2.48. The highest BCUT2D eigenvalue weighted by atomic mass is 16.5. The molecular weight excluding hydrogens is 308 g/mol. The highest BCUT2D eigenvalue weighted by Crippen LogP contribution is 2.39. The van der Waals surface area contributed by atoms with Crippen LogP contribution in [0, 0.1) is 33.1 Å². The van der Waals surface area contributed by atoms with Crippen LogP contribution in [0.2, 0.25) is 0 Å². The Morgan fingerprint density at radius 1 is 1.04 bits per heavy atom. The van der Waals surface area contributed by atoms with E-state index in [1.807, 2.05) is 0 Å². The second-order valence-electron chi connectivity index (χ2n) is 6.12. The van der Waals surface area contributed by atoms with Crippen molar-refractivity contribution in [2.45, 2.75) is 60.0 Å². The molecule has 1 aromatic rings. The zero-order valence-corrected chi connectivity index (χ0v) is 15.1. The van der Waals surface area contributed by atoms with Crippen LogP contribution < -0.4 is 9.47 Å². The van der Waals surface area contributed by atoms with Crippen LogP contribution in [-0.2, 0) is 16.0 Å². The van der Waals surface area contributed by atoms with Crippen LogP contribution in [0.15, 0.2) is 0 Å². The maximum Gasteiger partial charge on any atom is 0.308 e. The number of aliphatic hydroxyl groups is 1. The molecule has 0 aromatic heterocycles. The molecule has 5 heteroatoms. The predicted molar refractivity (Wildman–Crippen MR) is 91.0 cm³/mol. The molecule has 1 N–H and O–H groups in total. The number of benzene rings is 1. The van der Waals surface area contributed by atoms with Gasteiger partial charge in [0, 0.05) is 19.4 Å². The summed E-state index contributed by atoms with van der Waals surface area (Å²) < 4.78 is 10.7. The number of carbonyl (C=O) groups excluding carboxylic acids is 2. The molecule has 0 heterocycles. The van der Waals surface area contributed by atoms with Gasteiger partial charge in [-0.1, -0.05) is 5.92 Å². The highest BCUT2D eigenvalue weighted by Gasteiger charge is 2.24. The summed E-state index contributed by atoms with van der Waals surface area (Å²) in [4.78, 5) is 22.9. The van der Waals surface area contributed by atoms with Gasteiger partial charge in [0.2, 0.25) is 0 Å². The third kappa shape index (κ3) is 4.59. The highest BCUT2D eigenvalue weighted by molar-refractivity contribution is 5.74. The van der Waals surface area contributed by atoms with Crippen molar-refractivity contribution in [3.05, 3.63) is 22.3 Å². The smallest absolute Gasteiger partial charge is 0.308 e. The van der Waals surface area contributed by atoms with E-state index in [4.69, 9.17) is 15.9 Å². The van der Waals surface area contributed by atoms with E-state index in [2.05, 4.69) is 5.92 Å². The molecule has 0 aliphatic rings. The molecule has 0 fully saturated rings. The lowest BCUT2D eigenvalue weighted by molar-refractivity contribution is -0.133. The molecule has 0 saturated heterocycles. The van der Waals surface area contributed by atoms with Crippen LogP contribution in [0.5, 0.6) is 11.5 Å². The third-order valence-electron chi connectivity index (χ3n) is 3.98. The third-order valence-corrected chi connectivity index (χ3v) is 3.98. The summed E-state index contributed by atoms with van der Waals surface area (Å²) in [5, 5.41) is 10.1. The summed E-state index contributed by atoms with van der Waals surface area (Å²) in [6.45, 7) is 9.58. The Labute approximate surface area is 143 Å². The van der Waals surface area contributed by atoms with Crippen molar-refractivity contribution in [2.75, 3.05) is 0 Å². The molecule has 130 valence electrons. The monoisotopic (exact) mass is 332 g/mol. The number of hydrogen-bond acceptors (Lipinski definition) is 5. The van der Waals surface area contributed by atoms with Gasteiger partial charge < -0.3 is 14.6 Å². The average molecular weight is 332 g/mol. The Morgan fingerprint density at radius 3 is 1.96 bits per heavy atom. The molecule has 0 aliphatic heterocycles. The molecule has 1 rings (SSSR count). The minimum absolute atomic E-state index is 0.278. The fourth-order valence-electron chi connectivity index (χ4n) is 2.48. The molecule has 5 nitrogen and oxygen atoms in total. The molecule has 0 unspecified atom stereocenters. The van der Waals surface area contributed by atoms with E-state index in [0.717, 1.165) is 5.56 Å². The maximum atomic E-state index is 11.5. The molecule has 0 amide bonds. The molecule has 0 aliphatic carbocycles. The summed E-state index contributed by atoms with van der Waals surface area (Å²) in [5.74, 6) is 2.34. The van der Waals surface area contributed by atoms with Gasteiger partial charge in [0.15, 0.2) is 0 Å². The molecule has 0 saturated carbocycles. The first kappa shape index (κ1) is 19.7. The summed E-state index contributed by atoms with van der Waals surface area (Å²) in [6.07, 6.45) is 5.98. The predicted octanol–water partition coefficient (Wildman–Crippen LogP) is 2.78. The molecule has 0 radical (unpaired) electrons. The first-order valence-electron chi connectivity index (χ1n) is 7.69. The van der Waals surface area contributed by atoms with Gasteiger partial charge in [-0.25, -0.2) is 0 Å². The van der Waals surface area contributed by atoms with E-state index in [1.165, 1.54) is 13.8 Å². The topological polar surface area (TPSA) is 72.8 Å². The normalized spacial score (nSPS) is 12.9. The minimum atomic E-state index is -1.28. The molecule has 0 spiro atoms. The summed E-state index contributed by atoms with van der Waals surface area (Å²) >= 11 is 0. The number of terminal acetylenes is 1. The van der Waals surface area contributed by atoms with Crippen molar-refractivity contribution in [3.8, 4) is 23.8 Å². The Balaban J connectivity index is 3.50. The van der Waals surface area contributed by atoms with Crippen molar-refractivity contribution in [3.63, 3.8) is 0 Å². The Bertz CT molecular complexity index is 708. The van der Waals surface area contributed by atoms with Crippen LogP contribution in [0.1, 0.15) is 49.4 Å². The Kier molecular flexibility index (Phi) is 6.16. The Hall–Kier alpha value is -2.32. The van der Waals surface area contributed by atoms with Gasteiger partial charge in [-0.3, -0.25) is 9.59 Å². The van der Waals surface area contributed by atoms with Crippen LogP contribution in [-0.4, -0.2) is 22.6 Å². The van der Waals surface area contributed by atoms with E-state index >= 15 is 0 Å². The second kappa shape index (κ2) is 7.50. The zero-order valence-electron chi connectivity index (χ0n) is 15.1. The van der Waals surface area contributed by atoms with Crippen molar-refractivity contribution in [1.82, 2.24) is 0 Å². The van der Waals surface area contributed by atoms with Gasteiger partial charge in [0.05, 0.1) is 0 Å². The van der Waals surface area contributed by atoms with Gasteiger partial charge in [0.25, 0.3) is 0 Å². The quantitative estimate of drug-likeness (QED) is 0.510. The number of hydrogen-bond donors (Lipinski definition) is 1. The lowest BCUT2D eigenvalue weighted by Crippen LogP contribution is -2.22. The summed E-state index contributed by atoms with van der Waals surface area (Å²) in [5.41, 5.74) is 1.55. The molecule has 0 bridgehead atoms. The van der Waals surface area contributed by atoms with E-state index < -0.39 is 17.5 Å². The van der Waals surface area contributed by atoms with Crippen molar-refractivity contribution in [1.29, 1.82) is 0 Å². The van der Waals surface area contributed by atoms with Gasteiger partial charge in [-0.2, -0.15) is 0 Å². The second-order valence-corrected chi connectivity index (χ2v) is 6.12. The number of carbonyl (C=O) groups is 2. The number of ether oxygens (including phenoxy) is 2. The Morgan fingerprint density at radius 2 is 1.50 bits per heavy atom. The molecule has 1 atom stereocenters. The van der Waals surface area contributed by atoms with E-state index in [0.29, 0.717) is 34.6 Å². The first-order valence-corrected chi connectivity index (χ1v) is 7.69. The van der Waals surface area contributed by atoms with Gasteiger partial charge >= 0.3 is 11.9 Å². The maximum absolute atomic E-state index is 11.5. The molecular formula is C19H24O5. The summed E-state index contributed by atoms with van der Waals surface area (Å²) in [7, 11) is 0. The molecule has 1 aromatic carbocycles. The average Bonchev–Trinajstić information content (AvgIpc) is 2.48. The van der Waals surface area contributed by atoms with Crippen LogP contribution >= 0.6 is 0 Å². The molecule has 24 heavy (non-hydrogen) atoms. The number of rotatable bonds is 5. The number of esters is 2. The lowest BCUT2D eigenvalue weighted by Gasteiger charge is -2.23. The van der Waals surface area contributed by atoms with Gasteiger partial charge in [-0.15, -0.1) is 6.42 Å². The van der Waals surface area contributed by atoms with Crippen LogP contribution in [0.25, 0.3) is 0 Å². The van der Waals surface area contributed by atoms with Gasteiger partial charge in [0.1, 0.15) is 17.1 Å². The van der Waals surface area contributed by atoms with E-state index in [9.17, 15) is 14.7 Å². The lowest BCUT2D eigenvalue weighted by atomic mass is 9.91. The van der Waals surface area contributed by atoms with E-state index in [1.54, 1.807) is 27.7 Å². The minimum Gasteiger partial charge on any atom is -0.426 e. The fraction of sp³-hybridized carbons (Fsp3) is 0.474. The standard InChI is InChI=1S/C19H24O5/c1-8-19(7,22)10-9-16-13(4)17(23-14(5)20)11(2)12(3)18(16)24-15(6)21/h1,22H,9-10H2,2-7H3/t19-/m1/s1. The van der Waals surface area contributed by atoms with Crippen molar-refractivity contribution in [2.24, 2.45) is 0 Å². The first-order chi connectivity index (χ1) is 11.0. The van der Waals surface area contributed by atoms with Crippen LogP contribution in [0.4, 0.5) is 0 Å². The summed E-state index contributed by atoms with van der Waals surface area (Å²) in [6, 6.07) is 0. The van der Waals surface area contributed by atoms with E-state index in [-0.39, 0.29) is 6.42 Å². The SMILES string of the molecule is C#C[C@@](C)(O)CCc1c(C)c(OC(C)=O)c(C)c(C)c1OC(C)=O. The van der Waals surface area contributed by atoms with Crippen molar-refractivity contribution >= 4 is 11.9 Å². The van der Waals surface area contributed by atoms with Crippen molar-refractivity contribution < 1.29 is 24.2 Å². The van der Waals surface area contributed by atoms with Crippen LogP contribution in [0.3, 0.4) is 0 Å². The van der Waals surface area contributed by atoms with Gasteiger partial charge in [-0.05, 0) is 57.2 Å².